The predicted octanol–water partition coefficient (Wildman–Crippen LogP) is 7.04. The third-order valence-electron chi connectivity index (χ3n) is 5.46. The van der Waals surface area contributed by atoms with Gasteiger partial charge in [0.05, 0.1) is 0 Å². The van der Waals surface area contributed by atoms with E-state index in [1.807, 2.05) is 20.1 Å². The van der Waals surface area contributed by atoms with Crippen molar-refractivity contribution in [1.29, 1.82) is 0 Å². The fraction of sp³-hybridized carbons (Fsp3) is 0.714. The van der Waals surface area contributed by atoms with E-state index in [0.717, 1.165) is 23.0 Å². The Hall–Kier alpha value is -0.503. The summed E-state index contributed by atoms with van der Waals surface area (Å²) in [6, 6.07) is 7.61. The average molecular weight is 436 g/mol. The van der Waals surface area contributed by atoms with Gasteiger partial charge in [0.25, 0.3) is 0 Å². The molecule has 1 N–H and O–H groups in total. The second-order valence-electron chi connectivity index (χ2n) is 7.80. The highest BCUT2D eigenvalue weighted by molar-refractivity contribution is 7.98. The van der Waals surface area contributed by atoms with E-state index >= 15 is 0 Å². The highest BCUT2D eigenvalue weighted by atomic mass is 32.2. The number of thioether (sulfide) groups is 1. The molecule has 0 radical (unpaired) electrons. The molecule has 1 rings (SSSR count). The summed E-state index contributed by atoms with van der Waals surface area (Å²) in [6.45, 7) is 10.8. The lowest BCUT2D eigenvalue weighted by Crippen LogP contribution is -2.46. The van der Waals surface area contributed by atoms with Gasteiger partial charge in [-0.1, -0.05) is 46.8 Å². The number of nitrogens with one attached hydrogen (secondary N) is 1. The van der Waals surface area contributed by atoms with Crippen LogP contribution in [0, 0.1) is 5.92 Å². The molecule has 0 fully saturated rings. The van der Waals surface area contributed by atoms with Gasteiger partial charge in [0.15, 0.2) is 8.32 Å². The highest BCUT2D eigenvalue weighted by Crippen LogP contribution is 2.34. The van der Waals surface area contributed by atoms with Crippen LogP contribution in [0.2, 0.25) is 18.1 Å². The molecule has 2 nitrogen and oxygen atoms in total. The molecule has 0 aliphatic heterocycles. The first-order valence-corrected chi connectivity index (χ1v) is 14.0. The first-order chi connectivity index (χ1) is 13.1. The molecule has 0 aliphatic rings. The van der Waals surface area contributed by atoms with Gasteiger partial charge in [0.2, 0.25) is 0 Å². The van der Waals surface area contributed by atoms with Crippen molar-refractivity contribution in [1.82, 2.24) is 5.32 Å². The third-order valence-corrected chi connectivity index (χ3v) is 10.8. The minimum absolute atomic E-state index is 0.254. The number of halogens is 3. The quantitative estimate of drug-likeness (QED) is 0.281. The van der Waals surface area contributed by atoms with Crippen molar-refractivity contribution in [3.05, 3.63) is 29.8 Å². The van der Waals surface area contributed by atoms with Crippen molar-refractivity contribution in [3.8, 4) is 0 Å². The molecule has 28 heavy (non-hydrogen) atoms. The molecule has 0 amide bonds. The fourth-order valence-corrected chi connectivity index (χ4v) is 6.57. The Balaban J connectivity index is 3.03. The number of hydrogen-bond donors (Lipinski definition) is 1. The van der Waals surface area contributed by atoms with Gasteiger partial charge in [-0.05, 0) is 54.4 Å². The molecule has 0 saturated carbocycles. The molecule has 0 heterocycles. The van der Waals surface area contributed by atoms with Crippen molar-refractivity contribution >= 4 is 20.1 Å². The minimum atomic E-state index is -4.36. The van der Waals surface area contributed by atoms with Gasteiger partial charge in [0, 0.05) is 17.5 Å². The van der Waals surface area contributed by atoms with E-state index in [1.165, 1.54) is 11.8 Å². The summed E-state index contributed by atoms with van der Waals surface area (Å²) in [5.41, 5.74) is 0.254. The van der Waals surface area contributed by atoms with E-state index in [0.29, 0.717) is 13.0 Å². The molecular formula is C21H36F3NOSSi. The molecule has 1 aromatic rings. The number of alkyl halides is 3. The summed E-state index contributed by atoms with van der Waals surface area (Å²) < 4.78 is 47.9. The lowest BCUT2D eigenvalue weighted by atomic mass is 10.0. The van der Waals surface area contributed by atoms with Gasteiger partial charge in [-0.2, -0.15) is 13.2 Å². The van der Waals surface area contributed by atoms with Crippen LogP contribution in [0.1, 0.15) is 52.6 Å². The maximum Gasteiger partial charge on any atom is 0.407 e. The zero-order chi connectivity index (χ0) is 21.4. The Morgan fingerprint density at radius 3 is 1.96 bits per heavy atom. The lowest BCUT2D eigenvalue weighted by Gasteiger charge is -2.33. The van der Waals surface area contributed by atoms with Crippen molar-refractivity contribution in [3.63, 3.8) is 0 Å². The van der Waals surface area contributed by atoms with E-state index in [1.54, 1.807) is 24.3 Å². The van der Waals surface area contributed by atoms with Gasteiger partial charge in [-0.25, -0.2) is 0 Å². The zero-order valence-corrected chi connectivity index (χ0v) is 19.8. The second-order valence-corrected chi connectivity index (χ2v) is 13.5. The molecule has 2 atom stereocenters. The minimum Gasteiger partial charge on any atom is -0.415 e. The van der Waals surface area contributed by atoms with Gasteiger partial charge in [0.1, 0.15) is 6.04 Å². The molecular weight excluding hydrogens is 399 g/mol. The Bertz CT molecular complexity index is 553. The molecule has 0 bridgehead atoms. The van der Waals surface area contributed by atoms with E-state index in [-0.39, 0.29) is 17.5 Å². The van der Waals surface area contributed by atoms with Crippen molar-refractivity contribution in [2.75, 3.05) is 12.9 Å². The normalized spacial score (nSPS) is 15.1. The third kappa shape index (κ3) is 7.73. The van der Waals surface area contributed by atoms with E-state index in [4.69, 9.17) is 4.43 Å². The molecule has 0 aromatic heterocycles. The summed E-state index contributed by atoms with van der Waals surface area (Å²) >= 11 is 1.52. The van der Waals surface area contributed by atoms with Crippen LogP contribution in [0.4, 0.5) is 13.2 Å². The van der Waals surface area contributed by atoms with Crippen LogP contribution >= 0.6 is 11.8 Å². The van der Waals surface area contributed by atoms with Crippen LogP contribution in [0.5, 0.6) is 0 Å². The number of rotatable bonds is 12. The number of hydrogen-bond acceptors (Lipinski definition) is 3. The Labute approximate surface area is 174 Å². The van der Waals surface area contributed by atoms with Gasteiger partial charge in [-0.15, -0.1) is 11.8 Å². The lowest BCUT2D eigenvalue weighted by molar-refractivity contribution is -0.160. The molecule has 1 aromatic carbocycles. The summed E-state index contributed by atoms with van der Waals surface area (Å²) in [5.74, 6) is 0.287. The monoisotopic (exact) mass is 435 g/mol. The SMILES string of the molecule is CC[Si](CC)(CC)OC[C@H](CC(C)C)N[C@@H](c1ccc(SC)cc1)C(F)(F)F. The molecule has 0 saturated heterocycles. The first kappa shape index (κ1) is 25.5. The molecule has 162 valence electrons. The van der Waals surface area contributed by atoms with Gasteiger partial charge < -0.3 is 4.43 Å². The van der Waals surface area contributed by atoms with E-state index in [9.17, 15) is 13.2 Å². The summed E-state index contributed by atoms with van der Waals surface area (Å²) in [4.78, 5) is 0.955. The van der Waals surface area contributed by atoms with Gasteiger partial charge in [-0.3, -0.25) is 5.32 Å². The highest BCUT2D eigenvalue weighted by Gasteiger charge is 2.42. The van der Waals surface area contributed by atoms with Crippen molar-refractivity contribution in [2.24, 2.45) is 5.92 Å². The van der Waals surface area contributed by atoms with Crippen LogP contribution in [-0.2, 0) is 4.43 Å². The van der Waals surface area contributed by atoms with E-state index in [2.05, 4.69) is 26.1 Å². The second kappa shape index (κ2) is 11.6. The smallest absolute Gasteiger partial charge is 0.407 e. The standard InChI is InChI=1S/C21H36F3NOSSi/c1-7-28(8-2,9-3)26-15-18(14-16(4)5)25-20(21(22,23)24)17-10-12-19(27-6)13-11-17/h10-13,16,18,20,25H,7-9,14-15H2,1-6H3/t18-,20-/m0/s1. The molecule has 0 aliphatic carbocycles. The zero-order valence-electron chi connectivity index (χ0n) is 18.0. The van der Waals surface area contributed by atoms with Crippen molar-refractivity contribution < 1.29 is 17.6 Å². The van der Waals surface area contributed by atoms with Crippen molar-refractivity contribution in [2.45, 2.75) is 82.3 Å². The maximum absolute atomic E-state index is 13.9. The molecule has 0 unspecified atom stereocenters. The Morgan fingerprint density at radius 1 is 1.04 bits per heavy atom. The molecule has 0 spiro atoms. The Morgan fingerprint density at radius 2 is 1.57 bits per heavy atom. The van der Waals surface area contributed by atoms with Crippen LogP contribution < -0.4 is 5.32 Å². The number of benzene rings is 1. The maximum atomic E-state index is 13.9. The average Bonchev–Trinajstić information content (AvgIpc) is 2.66. The van der Waals surface area contributed by atoms with Crippen LogP contribution in [0.25, 0.3) is 0 Å². The summed E-state index contributed by atoms with van der Waals surface area (Å²) in [6.07, 6.45) is -1.79. The summed E-state index contributed by atoms with van der Waals surface area (Å²) in [5, 5.41) is 2.89. The first-order valence-electron chi connectivity index (χ1n) is 10.2. The van der Waals surface area contributed by atoms with Crippen LogP contribution in [0.3, 0.4) is 0 Å². The van der Waals surface area contributed by atoms with Crippen LogP contribution in [0.15, 0.2) is 29.2 Å². The molecule has 7 heteroatoms. The van der Waals surface area contributed by atoms with E-state index < -0.39 is 20.5 Å². The van der Waals surface area contributed by atoms with Gasteiger partial charge >= 0.3 is 6.18 Å². The topological polar surface area (TPSA) is 21.3 Å². The largest absolute Gasteiger partial charge is 0.415 e. The van der Waals surface area contributed by atoms with Crippen LogP contribution in [-0.4, -0.2) is 33.4 Å². The summed E-state index contributed by atoms with van der Waals surface area (Å²) in [7, 11) is -1.84. The fourth-order valence-electron chi connectivity index (χ4n) is 3.50. The predicted molar refractivity (Wildman–Crippen MR) is 117 cm³/mol. The Kier molecular flexibility index (Phi) is 10.6.